The molecule has 1 rings (SSSR count). The number of unbranched alkanes of at least 4 members (excludes halogenated alkanes) is 1. The van der Waals surface area contributed by atoms with Crippen LogP contribution < -0.4 is 10.1 Å². The van der Waals surface area contributed by atoms with Gasteiger partial charge in [0, 0.05) is 31.3 Å². The molecule has 0 aliphatic rings. The van der Waals surface area contributed by atoms with Gasteiger partial charge in [0.15, 0.2) is 0 Å². The number of benzene rings is 1. The summed E-state index contributed by atoms with van der Waals surface area (Å²) in [4.78, 5) is 0. The third-order valence-corrected chi connectivity index (χ3v) is 2.37. The van der Waals surface area contributed by atoms with Crippen molar-refractivity contribution in [3.63, 3.8) is 0 Å². The van der Waals surface area contributed by atoms with Crippen molar-refractivity contribution >= 4 is 5.69 Å². The zero-order chi connectivity index (χ0) is 13.2. The molecule has 0 bridgehead atoms. The molecule has 0 saturated heterocycles. The molecule has 4 heteroatoms. The molecule has 0 aliphatic carbocycles. The Morgan fingerprint density at radius 3 is 3.00 bits per heavy atom. The van der Waals surface area contributed by atoms with Crippen molar-refractivity contribution in [2.45, 2.75) is 25.8 Å². The quantitative estimate of drug-likeness (QED) is 0.719. The van der Waals surface area contributed by atoms with Crippen LogP contribution in [-0.4, -0.2) is 26.4 Å². The Morgan fingerprint density at radius 2 is 2.28 bits per heavy atom. The number of ether oxygens (including phenoxy) is 2. The highest BCUT2D eigenvalue weighted by Gasteiger charge is 2.02. The smallest absolute Gasteiger partial charge is 0.121 e. The summed E-state index contributed by atoms with van der Waals surface area (Å²) in [5.41, 5.74) is 1.01. The van der Waals surface area contributed by atoms with Gasteiger partial charge in [0.05, 0.1) is 19.3 Å². The maximum atomic E-state index is 8.43. The first-order chi connectivity index (χ1) is 8.76. The second-order valence-electron chi connectivity index (χ2n) is 4.14. The number of methoxy groups -OCH3 is 1. The van der Waals surface area contributed by atoms with Crippen LogP contribution >= 0.6 is 0 Å². The molecule has 18 heavy (non-hydrogen) atoms. The molecule has 0 radical (unpaired) electrons. The molecule has 1 atom stereocenters. The van der Waals surface area contributed by atoms with Crippen LogP contribution in [0.4, 0.5) is 5.69 Å². The summed E-state index contributed by atoms with van der Waals surface area (Å²) in [5.74, 6) is 0.822. The molecule has 0 saturated carbocycles. The van der Waals surface area contributed by atoms with Crippen molar-refractivity contribution in [1.82, 2.24) is 0 Å². The average molecular weight is 248 g/mol. The Balaban J connectivity index is 2.44. The lowest BCUT2D eigenvalue weighted by Crippen LogP contribution is -2.20. The van der Waals surface area contributed by atoms with Gasteiger partial charge in [0.2, 0.25) is 0 Å². The van der Waals surface area contributed by atoms with Crippen molar-refractivity contribution in [1.29, 1.82) is 5.26 Å². The zero-order valence-electron chi connectivity index (χ0n) is 11.0. The van der Waals surface area contributed by atoms with E-state index in [1.54, 1.807) is 7.11 Å². The number of hydrogen-bond donors (Lipinski definition) is 1. The highest BCUT2D eigenvalue weighted by atomic mass is 16.5. The Bertz CT molecular complexity index is 388. The van der Waals surface area contributed by atoms with Crippen LogP contribution in [0.15, 0.2) is 24.3 Å². The molecule has 0 aliphatic heterocycles. The van der Waals surface area contributed by atoms with Gasteiger partial charge >= 0.3 is 0 Å². The molecule has 0 amide bonds. The third kappa shape index (κ3) is 5.55. The molecule has 0 fully saturated rings. The fourth-order valence-electron chi connectivity index (χ4n) is 1.59. The van der Waals surface area contributed by atoms with Crippen molar-refractivity contribution < 1.29 is 9.47 Å². The zero-order valence-corrected chi connectivity index (χ0v) is 11.0. The number of nitrogens with zero attached hydrogens (tertiary/aromatic N) is 1. The van der Waals surface area contributed by atoms with E-state index < -0.39 is 0 Å². The van der Waals surface area contributed by atoms with Gasteiger partial charge in [-0.15, -0.1) is 0 Å². The molecule has 0 heterocycles. The maximum absolute atomic E-state index is 8.43. The van der Waals surface area contributed by atoms with Crippen LogP contribution in [0.2, 0.25) is 0 Å². The van der Waals surface area contributed by atoms with Crippen LogP contribution in [0.3, 0.4) is 0 Å². The molecule has 4 nitrogen and oxygen atoms in total. The first-order valence-electron chi connectivity index (χ1n) is 6.11. The summed E-state index contributed by atoms with van der Waals surface area (Å²) in [6.07, 6.45) is 1.29. The van der Waals surface area contributed by atoms with Gasteiger partial charge in [-0.25, -0.2) is 0 Å². The van der Waals surface area contributed by atoms with E-state index in [9.17, 15) is 0 Å². The lowest BCUT2D eigenvalue weighted by Gasteiger charge is -2.15. The van der Waals surface area contributed by atoms with Gasteiger partial charge in [0.25, 0.3) is 0 Å². The van der Waals surface area contributed by atoms with Gasteiger partial charge in [-0.1, -0.05) is 6.07 Å². The van der Waals surface area contributed by atoms with Crippen molar-refractivity contribution in [3.8, 4) is 11.8 Å². The second-order valence-corrected chi connectivity index (χ2v) is 4.14. The summed E-state index contributed by atoms with van der Waals surface area (Å²) in [6, 6.07) is 10.2. The largest absolute Gasteiger partial charge is 0.493 e. The van der Waals surface area contributed by atoms with Crippen molar-refractivity contribution in [3.05, 3.63) is 24.3 Å². The SMILES string of the molecule is COCC(C)Nc1cccc(OCCCC#N)c1. The van der Waals surface area contributed by atoms with Gasteiger partial charge in [-0.3, -0.25) is 0 Å². The fraction of sp³-hybridized carbons (Fsp3) is 0.500. The minimum absolute atomic E-state index is 0.254. The molecular weight excluding hydrogens is 228 g/mol. The first-order valence-corrected chi connectivity index (χ1v) is 6.11. The van der Waals surface area contributed by atoms with Crippen LogP contribution in [-0.2, 0) is 4.74 Å². The summed E-state index contributed by atoms with van der Waals surface area (Å²) >= 11 is 0. The summed E-state index contributed by atoms with van der Waals surface area (Å²) in [7, 11) is 1.69. The van der Waals surface area contributed by atoms with E-state index in [2.05, 4.69) is 18.3 Å². The standard InChI is InChI=1S/C14H20N2O2/c1-12(11-17-2)16-13-6-5-7-14(10-13)18-9-4-3-8-15/h5-7,10,12,16H,3-4,9,11H2,1-2H3. The summed E-state index contributed by atoms with van der Waals surface area (Å²) < 4.78 is 10.6. The Labute approximate surface area is 109 Å². The minimum atomic E-state index is 0.254. The van der Waals surface area contributed by atoms with E-state index in [4.69, 9.17) is 14.7 Å². The van der Waals surface area contributed by atoms with Crippen molar-refractivity contribution in [2.75, 3.05) is 25.6 Å². The summed E-state index contributed by atoms with van der Waals surface area (Å²) in [5, 5.41) is 11.8. The molecule has 0 spiro atoms. The number of hydrogen-bond acceptors (Lipinski definition) is 4. The highest BCUT2D eigenvalue weighted by Crippen LogP contribution is 2.18. The van der Waals surface area contributed by atoms with Gasteiger partial charge in [0.1, 0.15) is 5.75 Å². The second kappa shape index (κ2) is 8.37. The molecule has 98 valence electrons. The number of nitrogens with one attached hydrogen (secondary N) is 1. The van der Waals surface area contributed by atoms with E-state index in [1.807, 2.05) is 24.3 Å². The third-order valence-electron chi connectivity index (χ3n) is 2.37. The Kier molecular flexibility index (Phi) is 6.67. The topological polar surface area (TPSA) is 54.3 Å². The van der Waals surface area contributed by atoms with E-state index in [0.29, 0.717) is 19.6 Å². The summed E-state index contributed by atoms with van der Waals surface area (Å²) in [6.45, 7) is 3.29. The maximum Gasteiger partial charge on any atom is 0.121 e. The van der Waals surface area contributed by atoms with Crippen LogP contribution in [0.5, 0.6) is 5.75 Å². The Hall–Kier alpha value is -1.73. The average Bonchev–Trinajstić information content (AvgIpc) is 2.35. The van der Waals surface area contributed by atoms with E-state index >= 15 is 0 Å². The van der Waals surface area contributed by atoms with Gasteiger partial charge in [-0.05, 0) is 25.5 Å². The van der Waals surface area contributed by atoms with Crippen LogP contribution in [0.25, 0.3) is 0 Å². The van der Waals surface area contributed by atoms with Gasteiger partial charge < -0.3 is 14.8 Å². The predicted molar refractivity (Wildman–Crippen MR) is 71.7 cm³/mol. The highest BCUT2D eigenvalue weighted by molar-refractivity contribution is 5.48. The number of nitriles is 1. The number of rotatable bonds is 8. The van der Waals surface area contributed by atoms with E-state index in [-0.39, 0.29) is 6.04 Å². The minimum Gasteiger partial charge on any atom is -0.493 e. The Morgan fingerprint density at radius 1 is 1.44 bits per heavy atom. The lowest BCUT2D eigenvalue weighted by atomic mass is 10.2. The predicted octanol–water partition coefficient (Wildman–Crippen LogP) is 2.82. The molecule has 1 N–H and O–H groups in total. The molecular formula is C14H20N2O2. The lowest BCUT2D eigenvalue weighted by molar-refractivity contribution is 0.190. The van der Waals surface area contributed by atoms with E-state index in [0.717, 1.165) is 17.9 Å². The molecule has 0 aromatic heterocycles. The fourth-order valence-corrected chi connectivity index (χ4v) is 1.59. The van der Waals surface area contributed by atoms with Gasteiger partial charge in [-0.2, -0.15) is 5.26 Å². The molecule has 1 aromatic carbocycles. The molecule has 1 unspecified atom stereocenters. The molecule has 1 aromatic rings. The van der Waals surface area contributed by atoms with Crippen LogP contribution in [0, 0.1) is 11.3 Å². The van der Waals surface area contributed by atoms with Crippen molar-refractivity contribution in [2.24, 2.45) is 0 Å². The van der Waals surface area contributed by atoms with E-state index in [1.165, 1.54) is 0 Å². The number of anilines is 1. The monoisotopic (exact) mass is 248 g/mol. The normalized spacial score (nSPS) is 11.6. The first kappa shape index (κ1) is 14.3. The van der Waals surface area contributed by atoms with Crippen LogP contribution in [0.1, 0.15) is 19.8 Å².